The van der Waals surface area contributed by atoms with Crippen LogP contribution in [0.25, 0.3) is 0 Å². The molecule has 4 heteroatoms. The third-order valence-electron chi connectivity index (χ3n) is 6.71. The van der Waals surface area contributed by atoms with Gasteiger partial charge in [0.25, 0.3) is 0 Å². The summed E-state index contributed by atoms with van der Waals surface area (Å²) in [5.74, 6) is 1.46. The Bertz CT molecular complexity index is 657. The SMILES string of the molecule is CC1(C)C(NCC2CCN(c3ccccc3C#N)CC2)[C@@H]2CCO[C@@H]21. The lowest BCUT2D eigenvalue weighted by Gasteiger charge is -2.55. The van der Waals surface area contributed by atoms with Gasteiger partial charge in [-0.1, -0.05) is 26.0 Å². The molecule has 2 aliphatic heterocycles. The van der Waals surface area contributed by atoms with Crippen LogP contribution >= 0.6 is 0 Å². The standard InChI is InChI=1S/C21H29N3O/c1-21(2)19(17-9-12-25-20(17)21)23-14-15-7-10-24(11-8-15)18-6-4-3-5-16(18)13-22/h3-6,15,17,19-20,23H,7-12,14H2,1-2H3/t17-,19?,20-/m0/s1. The molecule has 134 valence electrons. The van der Waals surface area contributed by atoms with Gasteiger partial charge < -0.3 is 15.0 Å². The average Bonchev–Trinajstić information content (AvgIpc) is 3.09. The Morgan fingerprint density at radius 2 is 2.00 bits per heavy atom. The topological polar surface area (TPSA) is 48.3 Å². The van der Waals surface area contributed by atoms with Gasteiger partial charge in [0.15, 0.2) is 0 Å². The van der Waals surface area contributed by atoms with Crippen LogP contribution in [0.4, 0.5) is 5.69 Å². The van der Waals surface area contributed by atoms with Crippen LogP contribution in [-0.4, -0.2) is 38.4 Å². The van der Waals surface area contributed by atoms with E-state index in [-0.39, 0.29) is 5.41 Å². The molecule has 3 fully saturated rings. The summed E-state index contributed by atoms with van der Waals surface area (Å²) >= 11 is 0. The van der Waals surface area contributed by atoms with Crippen LogP contribution in [-0.2, 0) is 4.74 Å². The minimum Gasteiger partial charge on any atom is -0.377 e. The first-order chi connectivity index (χ1) is 12.1. The van der Waals surface area contributed by atoms with E-state index in [0.29, 0.717) is 12.1 Å². The number of para-hydroxylation sites is 1. The highest BCUT2D eigenvalue weighted by Crippen LogP contribution is 2.52. The zero-order valence-electron chi connectivity index (χ0n) is 15.4. The van der Waals surface area contributed by atoms with Crippen molar-refractivity contribution in [3.63, 3.8) is 0 Å². The molecule has 0 aromatic heterocycles. The second kappa shape index (κ2) is 6.63. The van der Waals surface area contributed by atoms with Crippen molar-refractivity contribution in [1.29, 1.82) is 5.26 Å². The lowest BCUT2D eigenvalue weighted by atomic mass is 9.57. The molecule has 0 bridgehead atoms. The molecule has 4 rings (SSSR count). The molecule has 1 aromatic carbocycles. The van der Waals surface area contributed by atoms with Gasteiger partial charge in [-0.25, -0.2) is 0 Å². The molecule has 4 nitrogen and oxygen atoms in total. The van der Waals surface area contributed by atoms with Crippen LogP contribution in [0.1, 0.15) is 38.7 Å². The minimum atomic E-state index is 0.271. The van der Waals surface area contributed by atoms with Crippen molar-refractivity contribution in [2.75, 3.05) is 31.1 Å². The minimum absolute atomic E-state index is 0.271. The van der Waals surface area contributed by atoms with Gasteiger partial charge in [0.2, 0.25) is 0 Å². The normalized spacial score (nSPS) is 31.2. The lowest BCUT2D eigenvalue weighted by molar-refractivity contribution is -0.113. The number of anilines is 1. The summed E-state index contributed by atoms with van der Waals surface area (Å²) in [7, 11) is 0. The Morgan fingerprint density at radius 1 is 1.24 bits per heavy atom. The molecule has 1 N–H and O–H groups in total. The lowest BCUT2D eigenvalue weighted by Crippen LogP contribution is -2.66. The number of piperidine rings is 1. The van der Waals surface area contributed by atoms with E-state index in [1.807, 2.05) is 18.2 Å². The number of nitrogens with zero attached hydrogens (tertiary/aromatic N) is 2. The second-order valence-electron chi connectivity index (χ2n) is 8.51. The first kappa shape index (κ1) is 16.9. The summed E-state index contributed by atoms with van der Waals surface area (Å²) < 4.78 is 5.90. The molecule has 1 aliphatic carbocycles. The Labute approximate surface area is 151 Å². The highest BCUT2D eigenvalue weighted by molar-refractivity contribution is 5.59. The number of hydrogen-bond donors (Lipinski definition) is 1. The number of nitrogens with one attached hydrogen (secondary N) is 1. The van der Waals surface area contributed by atoms with Gasteiger partial charge in [-0.05, 0) is 43.9 Å². The number of nitriles is 1. The van der Waals surface area contributed by atoms with Gasteiger partial charge in [0, 0.05) is 37.1 Å². The Hall–Kier alpha value is -1.57. The summed E-state index contributed by atoms with van der Waals surface area (Å²) in [5.41, 5.74) is 2.16. The van der Waals surface area contributed by atoms with Gasteiger partial charge in [0.05, 0.1) is 17.4 Å². The summed E-state index contributed by atoms with van der Waals surface area (Å²) in [6.45, 7) is 8.85. The van der Waals surface area contributed by atoms with Crippen LogP contribution < -0.4 is 10.2 Å². The first-order valence-corrected chi connectivity index (χ1v) is 9.70. The van der Waals surface area contributed by atoms with Gasteiger partial charge in [-0.2, -0.15) is 5.26 Å². The van der Waals surface area contributed by atoms with Crippen molar-refractivity contribution in [1.82, 2.24) is 5.32 Å². The molecule has 3 atom stereocenters. The summed E-state index contributed by atoms with van der Waals surface area (Å²) in [4.78, 5) is 2.38. The molecule has 1 unspecified atom stereocenters. The van der Waals surface area contributed by atoms with E-state index in [4.69, 9.17) is 4.74 Å². The maximum Gasteiger partial charge on any atom is 0.101 e. The molecule has 3 aliphatic rings. The molecule has 25 heavy (non-hydrogen) atoms. The van der Waals surface area contributed by atoms with Crippen LogP contribution in [0.5, 0.6) is 0 Å². The molecule has 1 saturated carbocycles. The average molecular weight is 339 g/mol. The highest BCUT2D eigenvalue weighted by atomic mass is 16.5. The van der Waals surface area contributed by atoms with Gasteiger partial charge in [-0.15, -0.1) is 0 Å². The van der Waals surface area contributed by atoms with E-state index in [0.717, 1.165) is 49.3 Å². The van der Waals surface area contributed by atoms with Crippen molar-refractivity contribution in [2.45, 2.75) is 45.3 Å². The van der Waals surface area contributed by atoms with Crippen molar-refractivity contribution >= 4 is 5.69 Å². The fourth-order valence-corrected chi connectivity index (χ4v) is 5.25. The van der Waals surface area contributed by atoms with E-state index >= 15 is 0 Å². The Morgan fingerprint density at radius 3 is 2.76 bits per heavy atom. The van der Waals surface area contributed by atoms with Gasteiger partial charge in [-0.3, -0.25) is 0 Å². The Balaban J connectivity index is 1.29. The fraction of sp³-hybridized carbons (Fsp3) is 0.667. The molecule has 0 spiro atoms. The summed E-state index contributed by atoms with van der Waals surface area (Å²) in [6.07, 6.45) is 4.08. The van der Waals surface area contributed by atoms with Crippen molar-refractivity contribution in [3.05, 3.63) is 29.8 Å². The fourth-order valence-electron chi connectivity index (χ4n) is 5.25. The molecule has 0 radical (unpaired) electrons. The van der Waals surface area contributed by atoms with Gasteiger partial charge >= 0.3 is 0 Å². The molecule has 2 saturated heterocycles. The highest BCUT2D eigenvalue weighted by Gasteiger charge is 2.58. The molecule has 2 heterocycles. The monoisotopic (exact) mass is 339 g/mol. The van der Waals surface area contributed by atoms with Crippen molar-refractivity contribution in [2.24, 2.45) is 17.3 Å². The zero-order chi connectivity index (χ0) is 17.4. The van der Waals surface area contributed by atoms with Crippen LogP contribution in [0.3, 0.4) is 0 Å². The Kier molecular flexibility index (Phi) is 4.47. The van der Waals surface area contributed by atoms with E-state index in [1.54, 1.807) is 0 Å². The van der Waals surface area contributed by atoms with Crippen molar-refractivity contribution < 1.29 is 4.74 Å². The third kappa shape index (κ3) is 2.94. The first-order valence-electron chi connectivity index (χ1n) is 9.70. The third-order valence-corrected chi connectivity index (χ3v) is 6.71. The van der Waals surface area contributed by atoms with E-state index in [9.17, 15) is 5.26 Å². The zero-order valence-corrected chi connectivity index (χ0v) is 15.4. The number of hydrogen-bond acceptors (Lipinski definition) is 4. The van der Waals surface area contributed by atoms with Crippen molar-refractivity contribution in [3.8, 4) is 6.07 Å². The van der Waals surface area contributed by atoms with E-state index in [2.05, 4.69) is 36.2 Å². The molecule has 1 aromatic rings. The van der Waals surface area contributed by atoms with Gasteiger partial charge in [0.1, 0.15) is 6.07 Å². The maximum absolute atomic E-state index is 9.31. The number of fused-ring (bicyclic) bond motifs is 1. The summed E-state index contributed by atoms with van der Waals surface area (Å²) in [6, 6.07) is 10.9. The molecule has 0 amide bonds. The second-order valence-corrected chi connectivity index (χ2v) is 8.51. The molecular weight excluding hydrogens is 310 g/mol. The number of benzene rings is 1. The van der Waals surface area contributed by atoms with E-state index in [1.165, 1.54) is 19.3 Å². The number of rotatable bonds is 4. The van der Waals surface area contributed by atoms with Crippen LogP contribution in [0.15, 0.2) is 24.3 Å². The van der Waals surface area contributed by atoms with Crippen LogP contribution in [0.2, 0.25) is 0 Å². The maximum atomic E-state index is 9.31. The van der Waals surface area contributed by atoms with Crippen LogP contribution in [0, 0.1) is 28.6 Å². The largest absolute Gasteiger partial charge is 0.377 e. The predicted octanol–water partition coefficient (Wildman–Crippen LogP) is 3.18. The summed E-state index contributed by atoms with van der Waals surface area (Å²) in [5, 5.41) is 13.2. The number of ether oxygens (including phenoxy) is 1. The quantitative estimate of drug-likeness (QED) is 0.915. The smallest absolute Gasteiger partial charge is 0.101 e. The molecular formula is C21H29N3O. The van der Waals surface area contributed by atoms with E-state index < -0.39 is 0 Å². The predicted molar refractivity (Wildman–Crippen MR) is 99.5 cm³/mol.